The van der Waals surface area contributed by atoms with Crippen LogP contribution in [0.4, 0.5) is 10.5 Å². The summed E-state index contributed by atoms with van der Waals surface area (Å²) in [6, 6.07) is 15.8. The number of ether oxygens (including phenoxy) is 2. The van der Waals surface area contributed by atoms with Gasteiger partial charge in [-0.15, -0.1) is 0 Å². The lowest BCUT2D eigenvalue weighted by Gasteiger charge is -2.34. The number of methoxy groups -OCH3 is 2. The number of benzene rings is 2. The molecule has 0 bridgehead atoms. The molecule has 3 rings (SSSR count). The van der Waals surface area contributed by atoms with E-state index in [0.29, 0.717) is 17.2 Å². The van der Waals surface area contributed by atoms with Crippen molar-refractivity contribution in [2.45, 2.75) is 6.42 Å². The fraction of sp³-hybridized carbons (Fsp3) is 0.381. The third kappa shape index (κ3) is 5.14. The van der Waals surface area contributed by atoms with Crippen LogP contribution in [0.5, 0.6) is 11.5 Å². The standard InChI is InChI=1S/C21H27N3O3/c1-26-19-9-8-18(16-20(19)27-2)22-21(25)24-14-12-23(13-15-24)11-10-17-6-4-3-5-7-17/h3-9,16H,10-15H2,1-2H3,(H,22,25). The van der Waals surface area contributed by atoms with Gasteiger partial charge in [-0.2, -0.15) is 0 Å². The summed E-state index contributed by atoms with van der Waals surface area (Å²) in [5, 5.41) is 2.94. The number of hydrogen-bond acceptors (Lipinski definition) is 4. The van der Waals surface area contributed by atoms with Crippen molar-refractivity contribution in [1.29, 1.82) is 0 Å². The summed E-state index contributed by atoms with van der Waals surface area (Å²) in [5.41, 5.74) is 2.05. The van der Waals surface area contributed by atoms with Gasteiger partial charge in [-0.05, 0) is 24.1 Å². The van der Waals surface area contributed by atoms with E-state index in [1.807, 2.05) is 17.0 Å². The van der Waals surface area contributed by atoms with Crippen molar-refractivity contribution < 1.29 is 14.3 Å². The monoisotopic (exact) mass is 369 g/mol. The first-order valence-electron chi connectivity index (χ1n) is 9.24. The number of urea groups is 1. The van der Waals surface area contributed by atoms with Gasteiger partial charge in [0.05, 0.1) is 14.2 Å². The third-order valence-electron chi connectivity index (χ3n) is 4.85. The second-order valence-electron chi connectivity index (χ2n) is 6.56. The van der Waals surface area contributed by atoms with Gasteiger partial charge in [0.15, 0.2) is 11.5 Å². The molecule has 0 aliphatic carbocycles. The van der Waals surface area contributed by atoms with Crippen LogP contribution in [0, 0.1) is 0 Å². The molecule has 1 aliphatic heterocycles. The third-order valence-corrected chi connectivity index (χ3v) is 4.85. The number of nitrogens with one attached hydrogen (secondary N) is 1. The van der Waals surface area contributed by atoms with Crippen molar-refractivity contribution in [3.63, 3.8) is 0 Å². The van der Waals surface area contributed by atoms with Crippen molar-refractivity contribution in [1.82, 2.24) is 9.80 Å². The van der Waals surface area contributed by atoms with E-state index in [2.05, 4.69) is 34.5 Å². The molecule has 2 amide bonds. The van der Waals surface area contributed by atoms with Gasteiger partial charge in [0.25, 0.3) is 0 Å². The van der Waals surface area contributed by atoms with Crippen LogP contribution in [0.2, 0.25) is 0 Å². The van der Waals surface area contributed by atoms with Crippen LogP contribution in [-0.4, -0.2) is 62.8 Å². The summed E-state index contributed by atoms with van der Waals surface area (Å²) in [5.74, 6) is 1.24. The molecule has 6 heteroatoms. The molecule has 1 N–H and O–H groups in total. The maximum absolute atomic E-state index is 12.5. The predicted molar refractivity (Wildman–Crippen MR) is 107 cm³/mol. The number of hydrogen-bond donors (Lipinski definition) is 1. The summed E-state index contributed by atoms with van der Waals surface area (Å²) in [6.07, 6.45) is 1.04. The average molecular weight is 369 g/mol. The van der Waals surface area contributed by atoms with E-state index < -0.39 is 0 Å². The summed E-state index contributed by atoms with van der Waals surface area (Å²) < 4.78 is 10.5. The first-order valence-corrected chi connectivity index (χ1v) is 9.24. The van der Waals surface area contributed by atoms with Gasteiger partial charge in [0.1, 0.15) is 0 Å². The van der Waals surface area contributed by atoms with Gasteiger partial charge in [0, 0.05) is 44.5 Å². The predicted octanol–water partition coefficient (Wildman–Crippen LogP) is 3.10. The molecule has 1 aliphatic rings. The molecule has 27 heavy (non-hydrogen) atoms. The highest BCUT2D eigenvalue weighted by Gasteiger charge is 2.21. The minimum absolute atomic E-state index is 0.0788. The normalized spacial score (nSPS) is 14.7. The van der Waals surface area contributed by atoms with Crippen molar-refractivity contribution in [2.24, 2.45) is 0 Å². The van der Waals surface area contributed by atoms with Crippen molar-refractivity contribution in [2.75, 3.05) is 52.3 Å². The molecule has 144 valence electrons. The molecule has 6 nitrogen and oxygen atoms in total. The largest absolute Gasteiger partial charge is 0.493 e. The van der Waals surface area contributed by atoms with Crippen LogP contribution < -0.4 is 14.8 Å². The van der Waals surface area contributed by atoms with Gasteiger partial charge in [0.2, 0.25) is 0 Å². The second kappa shape index (κ2) is 9.28. The highest BCUT2D eigenvalue weighted by molar-refractivity contribution is 5.89. The molecular formula is C21H27N3O3. The Kier molecular flexibility index (Phi) is 6.54. The Balaban J connectivity index is 1.47. The summed E-state index contributed by atoms with van der Waals surface area (Å²) >= 11 is 0. The molecule has 0 unspecified atom stereocenters. The van der Waals surface area contributed by atoms with E-state index >= 15 is 0 Å². The van der Waals surface area contributed by atoms with E-state index in [1.165, 1.54) is 5.56 Å². The minimum atomic E-state index is -0.0788. The average Bonchev–Trinajstić information content (AvgIpc) is 2.73. The molecule has 0 spiro atoms. The van der Waals surface area contributed by atoms with Gasteiger partial charge >= 0.3 is 6.03 Å². The molecule has 0 saturated carbocycles. The van der Waals surface area contributed by atoms with E-state index in [-0.39, 0.29) is 6.03 Å². The summed E-state index contributed by atoms with van der Waals surface area (Å²) in [4.78, 5) is 16.8. The van der Waals surface area contributed by atoms with Gasteiger partial charge < -0.3 is 19.7 Å². The lowest BCUT2D eigenvalue weighted by Crippen LogP contribution is -2.50. The Labute approximate surface area is 160 Å². The topological polar surface area (TPSA) is 54.0 Å². The summed E-state index contributed by atoms with van der Waals surface area (Å²) in [7, 11) is 3.17. The van der Waals surface area contributed by atoms with Crippen LogP contribution in [0.1, 0.15) is 5.56 Å². The molecule has 1 saturated heterocycles. The molecule has 0 atom stereocenters. The molecule has 0 aromatic heterocycles. The highest BCUT2D eigenvalue weighted by Crippen LogP contribution is 2.29. The zero-order valence-corrected chi connectivity index (χ0v) is 16.0. The van der Waals surface area contributed by atoms with Crippen LogP contribution in [-0.2, 0) is 6.42 Å². The van der Waals surface area contributed by atoms with E-state index in [0.717, 1.165) is 39.1 Å². The maximum atomic E-state index is 12.5. The Hall–Kier alpha value is -2.73. The SMILES string of the molecule is COc1ccc(NC(=O)N2CCN(CCc3ccccc3)CC2)cc1OC. The maximum Gasteiger partial charge on any atom is 0.321 e. The quantitative estimate of drug-likeness (QED) is 0.850. The minimum Gasteiger partial charge on any atom is -0.493 e. The summed E-state index contributed by atoms with van der Waals surface area (Å²) in [6.45, 7) is 4.27. The smallest absolute Gasteiger partial charge is 0.321 e. The van der Waals surface area contributed by atoms with Gasteiger partial charge in [-0.1, -0.05) is 30.3 Å². The number of anilines is 1. The Morgan fingerprint density at radius 2 is 1.67 bits per heavy atom. The molecule has 2 aromatic rings. The fourth-order valence-electron chi connectivity index (χ4n) is 3.22. The first-order chi connectivity index (χ1) is 13.2. The first kappa shape index (κ1) is 19.0. The number of carbonyl (C=O) groups is 1. The Bertz CT molecular complexity index is 744. The Morgan fingerprint density at radius 3 is 2.33 bits per heavy atom. The molecule has 0 radical (unpaired) electrons. The van der Waals surface area contributed by atoms with Crippen molar-refractivity contribution in [3.8, 4) is 11.5 Å². The zero-order chi connectivity index (χ0) is 19.1. The molecular weight excluding hydrogens is 342 g/mol. The van der Waals surface area contributed by atoms with Gasteiger partial charge in [-0.3, -0.25) is 4.90 Å². The number of nitrogens with zero attached hydrogens (tertiary/aromatic N) is 2. The van der Waals surface area contributed by atoms with E-state index in [4.69, 9.17) is 9.47 Å². The van der Waals surface area contributed by atoms with E-state index in [9.17, 15) is 4.79 Å². The highest BCUT2D eigenvalue weighted by atomic mass is 16.5. The van der Waals surface area contributed by atoms with E-state index in [1.54, 1.807) is 26.4 Å². The Morgan fingerprint density at radius 1 is 0.963 bits per heavy atom. The molecule has 1 fully saturated rings. The van der Waals surface area contributed by atoms with Crippen molar-refractivity contribution >= 4 is 11.7 Å². The second-order valence-corrected chi connectivity index (χ2v) is 6.56. The zero-order valence-electron chi connectivity index (χ0n) is 16.0. The number of amides is 2. The number of rotatable bonds is 6. The fourth-order valence-corrected chi connectivity index (χ4v) is 3.22. The lowest BCUT2D eigenvalue weighted by molar-refractivity contribution is 0.148. The lowest BCUT2D eigenvalue weighted by atomic mass is 10.1. The van der Waals surface area contributed by atoms with Crippen molar-refractivity contribution in [3.05, 3.63) is 54.1 Å². The van der Waals surface area contributed by atoms with Crippen LogP contribution in [0.25, 0.3) is 0 Å². The van der Waals surface area contributed by atoms with Crippen LogP contribution in [0.3, 0.4) is 0 Å². The van der Waals surface area contributed by atoms with Crippen LogP contribution in [0.15, 0.2) is 48.5 Å². The van der Waals surface area contributed by atoms with Crippen LogP contribution >= 0.6 is 0 Å². The number of piperazine rings is 1. The number of carbonyl (C=O) groups excluding carboxylic acids is 1. The van der Waals surface area contributed by atoms with Gasteiger partial charge in [-0.25, -0.2) is 4.79 Å². The molecule has 2 aromatic carbocycles. The molecule has 1 heterocycles.